The third kappa shape index (κ3) is 4.23. The molecule has 2 aromatic heterocycles. The molecule has 3 rings (SSSR count). The second-order valence-electron chi connectivity index (χ2n) is 7.75. The number of nitrogens with zero attached hydrogens (tertiary/aromatic N) is 2. The summed E-state index contributed by atoms with van der Waals surface area (Å²) in [7, 11) is 0. The number of hydrogen-bond acceptors (Lipinski definition) is 3. The first-order valence-electron chi connectivity index (χ1n) is 8.80. The molecule has 0 aliphatic carbocycles. The fraction of sp³-hybridized carbons (Fsp3) is 0.333. The van der Waals surface area contributed by atoms with Crippen molar-refractivity contribution in [1.82, 2.24) is 14.9 Å². The monoisotopic (exact) mass is 351 g/mol. The summed E-state index contributed by atoms with van der Waals surface area (Å²) in [6, 6.07) is 11.6. The summed E-state index contributed by atoms with van der Waals surface area (Å²) in [5, 5.41) is 3.86. The van der Waals surface area contributed by atoms with Crippen LogP contribution in [-0.2, 0) is 0 Å². The Morgan fingerprint density at radius 3 is 2.54 bits per heavy atom. The Bertz CT molecular complexity index is 936. The molecule has 0 aliphatic heterocycles. The van der Waals surface area contributed by atoms with E-state index in [1.54, 1.807) is 6.07 Å². The number of carbonyl (C=O) groups is 1. The van der Waals surface area contributed by atoms with Crippen LogP contribution < -0.4 is 10.1 Å². The van der Waals surface area contributed by atoms with Crippen molar-refractivity contribution >= 4 is 16.8 Å². The average molecular weight is 351 g/mol. The Morgan fingerprint density at radius 2 is 1.88 bits per heavy atom. The van der Waals surface area contributed by atoms with Crippen molar-refractivity contribution in [3.05, 3.63) is 54.5 Å². The highest BCUT2D eigenvalue weighted by atomic mass is 16.5. The third-order valence-corrected chi connectivity index (χ3v) is 3.90. The van der Waals surface area contributed by atoms with Crippen LogP contribution in [0.4, 0.5) is 0 Å². The minimum Gasteiger partial charge on any atom is -0.456 e. The first-order valence-corrected chi connectivity index (χ1v) is 8.80. The lowest BCUT2D eigenvalue weighted by Gasteiger charge is -2.20. The van der Waals surface area contributed by atoms with Gasteiger partial charge in [-0.2, -0.15) is 0 Å². The highest BCUT2D eigenvalue weighted by molar-refractivity contribution is 5.95. The molecule has 0 radical (unpaired) electrons. The quantitative estimate of drug-likeness (QED) is 0.724. The van der Waals surface area contributed by atoms with Gasteiger partial charge in [0.15, 0.2) is 0 Å². The summed E-state index contributed by atoms with van der Waals surface area (Å²) in [6.07, 6.45) is 3.98. The van der Waals surface area contributed by atoms with E-state index >= 15 is 0 Å². The van der Waals surface area contributed by atoms with E-state index in [4.69, 9.17) is 4.74 Å². The minimum absolute atomic E-state index is 0.172. The third-order valence-electron chi connectivity index (χ3n) is 3.90. The number of benzene rings is 1. The molecule has 1 aromatic carbocycles. The first-order chi connectivity index (χ1) is 12.2. The van der Waals surface area contributed by atoms with Crippen molar-refractivity contribution < 1.29 is 9.53 Å². The van der Waals surface area contributed by atoms with E-state index in [0.717, 1.165) is 22.4 Å². The van der Waals surface area contributed by atoms with Gasteiger partial charge >= 0.3 is 0 Å². The summed E-state index contributed by atoms with van der Waals surface area (Å²) < 4.78 is 8.03. The molecule has 2 heterocycles. The standard InChI is InChI=1S/C21H25N3O2/c1-14(2)24-11-10-17(13-24)26-16-7-9-18-15(12-16)6-8-19(22-18)20(25)23-21(3,4)5/h6-14H,1-5H3,(H,23,25). The van der Waals surface area contributed by atoms with E-state index in [1.165, 1.54) is 0 Å². The molecule has 136 valence electrons. The maximum Gasteiger partial charge on any atom is 0.270 e. The smallest absolute Gasteiger partial charge is 0.270 e. The van der Waals surface area contributed by atoms with Gasteiger partial charge in [-0.05, 0) is 65.0 Å². The summed E-state index contributed by atoms with van der Waals surface area (Å²) >= 11 is 0. The van der Waals surface area contributed by atoms with E-state index in [9.17, 15) is 4.79 Å². The van der Waals surface area contributed by atoms with Gasteiger partial charge in [-0.25, -0.2) is 4.98 Å². The molecule has 3 aromatic rings. The predicted molar refractivity (Wildman–Crippen MR) is 104 cm³/mol. The second-order valence-corrected chi connectivity index (χ2v) is 7.75. The molecular formula is C21H25N3O2. The molecule has 1 amide bonds. The Labute approximate surface area is 154 Å². The number of aromatic nitrogens is 2. The topological polar surface area (TPSA) is 56.2 Å². The van der Waals surface area contributed by atoms with E-state index in [1.807, 2.05) is 63.5 Å². The van der Waals surface area contributed by atoms with Crippen molar-refractivity contribution in [2.24, 2.45) is 0 Å². The van der Waals surface area contributed by atoms with Crippen LogP contribution in [0.1, 0.15) is 51.1 Å². The van der Waals surface area contributed by atoms with Crippen LogP contribution in [0.25, 0.3) is 10.9 Å². The molecule has 0 bridgehead atoms. The molecule has 0 unspecified atom stereocenters. The molecule has 26 heavy (non-hydrogen) atoms. The summed E-state index contributed by atoms with van der Waals surface area (Å²) in [5.41, 5.74) is 0.881. The molecule has 0 aliphatic rings. The molecule has 0 atom stereocenters. The van der Waals surface area contributed by atoms with Crippen molar-refractivity contribution in [2.45, 2.75) is 46.2 Å². The Morgan fingerprint density at radius 1 is 1.12 bits per heavy atom. The number of hydrogen-bond donors (Lipinski definition) is 1. The van der Waals surface area contributed by atoms with Gasteiger partial charge in [0.1, 0.15) is 17.2 Å². The van der Waals surface area contributed by atoms with E-state index in [0.29, 0.717) is 11.7 Å². The lowest BCUT2D eigenvalue weighted by atomic mass is 10.1. The van der Waals surface area contributed by atoms with Gasteiger partial charge in [0, 0.05) is 29.4 Å². The number of amides is 1. The lowest BCUT2D eigenvalue weighted by Crippen LogP contribution is -2.40. The number of ether oxygens (including phenoxy) is 1. The van der Waals surface area contributed by atoms with Gasteiger partial charge in [-0.15, -0.1) is 0 Å². The van der Waals surface area contributed by atoms with E-state index in [2.05, 4.69) is 28.7 Å². The van der Waals surface area contributed by atoms with Gasteiger partial charge in [-0.3, -0.25) is 4.79 Å². The van der Waals surface area contributed by atoms with Crippen LogP contribution in [0.2, 0.25) is 0 Å². The minimum atomic E-state index is -0.294. The zero-order chi connectivity index (χ0) is 18.9. The molecule has 5 nitrogen and oxygen atoms in total. The van der Waals surface area contributed by atoms with Gasteiger partial charge < -0.3 is 14.6 Å². The number of pyridine rings is 1. The lowest BCUT2D eigenvalue weighted by molar-refractivity contribution is 0.0915. The van der Waals surface area contributed by atoms with Crippen LogP contribution in [0, 0.1) is 0 Å². The van der Waals surface area contributed by atoms with Crippen LogP contribution >= 0.6 is 0 Å². The van der Waals surface area contributed by atoms with E-state index < -0.39 is 0 Å². The molecule has 0 saturated heterocycles. The van der Waals surface area contributed by atoms with E-state index in [-0.39, 0.29) is 11.4 Å². The summed E-state index contributed by atoms with van der Waals surface area (Å²) in [5.74, 6) is 1.37. The number of nitrogens with one attached hydrogen (secondary N) is 1. The predicted octanol–water partition coefficient (Wildman–Crippen LogP) is 4.94. The molecule has 0 fully saturated rings. The van der Waals surface area contributed by atoms with Crippen LogP contribution in [0.5, 0.6) is 11.5 Å². The number of rotatable bonds is 4. The largest absolute Gasteiger partial charge is 0.456 e. The number of fused-ring (bicyclic) bond motifs is 1. The number of carbonyl (C=O) groups excluding carboxylic acids is 1. The van der Waals surface area contributed by atoms with Gasteiger partial charge in [0.25, 0.3) is 5.91 Å². The van der Waals surface area contributed by atoms with Crippen molar-refractivity contribution in [3.8, 4) is 11.5 Å². The zero-order valence-corrected chi connectivity index (χ0v) is 15.9. The van der Waals surface area contributed by atoms with Crippen LogP contribution in [0.3, 0.4) is 0 Å². The highest BCUT2D eigenvalue weighted by Crippen LogP contribution is 2.26. The van der Waals surface area contributed by atoms with Gasteiger partial charge in [-0.1, -0.05) is 6.07 Å². The fourth-order valence-corrected chi connectivity index (χ4v) is 2.61. The summed E-state index contributed by atoms with van der Waals surface area (Å²) in [4.78, 5) is 16.7. The molecule has 0 saturated carbocycles. The maximum atomic E-state index is 12.3. The highest BCUT2D eigenvalue weighted by Gasteiger charge is 2.16. The van der Waals surface area contributed by atoms with Crippen molar-refractivity contribution in [2.75, 3.05) is 0 Å². The maximum absolute atomic E-state index is 12.3. The molecular weight excluding hydrogens is 326 g/mol. The Hall–Kier alpha value is -2.82. The Kier molecular flexibility index (Phi) is 4.72. The van der Waals surface area contributed by atoms with Crippen molar-refractivity contribution in [3.63, 3.8) is 0 Å². The normalized spacial score (nSPS) is 11.8. The molecule has 1 N–H and O–H groups in total. The van der Waals surface area contributed by atoms with Crippen molar-refractivity contribution in [1.29, 1.82) is 0 Å². The van der Waals surface area contributed by atoms with Crippen LogP contribution in [-0.4, -0.2) is 21.0 Å². The summed E-state index contributed by atoms with van der Waals surface area (Å²) in [6.45, 7) is 10.1. The van der Waals surface area contributed by atoms with Gasteiger partial charge in [0.2, 0.25) is 0 Å². The average Bonchev–Trinajstić information content (AvgIpc) is 3.01. The molecule has 0 spiro atoms. The fourth-order valence-electron chi connectivity index (χ4n) is 2.61. The SMILES string of the molecule is CC(C)n1ccc(Oc2ccc3nc(C(=O)NC(C)(C)C)ccc3c2)c1. The Balaban J connectivity index is 1.81. The first kappa shape index (κ1) is 18.0. The zero-order valence-electron chi connectivity index (χ0n) is 15.9. The second kappa shape index (κ2) is 6.83. The molecule has 5 heteroatoms. The van der Waals surface area contributed by atoms with Gasteiger partial charge in [0.05, 0.1) is 5.52 Å². The van der Waals surface area contributed by atoms with Crippen LogP contribution in [0.15, 0.2) is 48.8 Å².